The van der Waals surface area contributed by atoms with Crippen LogP contribution in [-0.4, -0.2) is 15.7 Å². The molecule has 1 aliphatic carbocycles. The fourth-order valence-electron chi connectivity index (χ4n) is 3.00. The van der Waals surface area contributed by atoms with Gasteiger partial charge in [0.2, 0.25) is 5.91 Å². The third-order valence-corrected chi connectivity index (χ3v) is 4.64. The summed E-state index contributed by atoms with van der Waals surface area (Å²) in [5.74, 6) is 0.180. The number of carbonyl (C=O) groups is 1. The van der Waals surface area contributed by atoms with E-state index in [2.05, 4.69) is 10.4 Å². The maximum absolute atomic E-state index is 12.7. The zero-order valence-corrected chi connectivity index (χ0v) is 14.0. The Balaban J connectivity index is 1.62. The van der Waals surface area contributed by atoms with Crippen molar-refractivity contribution in [2.24, 2.45) is 0 Å². The third kappa shape index (κ3) is 3.05. The smallest absolute Gasteiger partial charge is 0.267 e. The largest absolute Gasteiger partial charge is 0.324 e. The van der Waals surface area contributed by atoms with E-state index in [-0.39, 0.29) is 11.5 Å². The van der Waals surface area contributed by atoms with Crippen molar-refractivity contribution >= 4 is 22.4 Å². The van der Waals surface area contributed by atoms with Crippen LogP contribution in [0.2, 0.25) is 0 Å². The molecule has 1 amide bonds. The standard InChI is InChI=1S/C20H19N3O2/c1-13(23-19(24)12-11-17(22-23)15-9-10-15)20(25)21-18-8-4-6-14-5-2-3-7-16(14)18/h2-8,11-13,15H,9-10H2,1H3,(H,21,25). The molecule has 1 heterocycles. The van der Waals surface area contributed by atoms with Crippen molar-refractivity contribution < 1.29 is 4.79 Å². The number of hydrogen-bond acceptors (Lipinski definition) is 3. The van der Waals surface area contributed by atoms with E-state index in [9.17, 15) is 9.59 Å². The molecule has 0 spiro atoms. The molecule has 0 saturated heterocycles. The summed E-state index contributed by atoms with van der Waals surface area (Å²) in [6, 6.07) is 16.2. The molecule has 0 bridgehead atoms. The van der Waals surface area contributed by atoms with Crippen LogP contribution in [0.3, 0.4) is 0 Å². The molecule has 1 aromatic heterocycles. The van der Waals surface area contributed by atoms with Gasteiger partial charge in [-0.3, -0.25) is 9.59 Å². The first-order valence-corrected chi connectivity index (χ1v) is 8.52. The zero-order chi connectivity index (χ0) is 17.4. The maximum atomic E-state index is 12.7. The molecule has 0 aliphatic heterocycles. The molecule has 2 aromatic carbocycles. The average molecular weight is 333 g/mol. The minimum Gasteiger partial charge on any atom is -0.324 e. The molecule has 1 N–H and O–H groups in total. The molecule has 1 fully saturated rings. The lowest BCUT2D eigenvalue weighted by Gasteiger charge is -2.16. The Morgan fingerprint density at radius 3 is 2.68 bits per heavy atom. The van der Waals surface area contributed by atoms with Crippen LogP contribution in [-0.2, 0) is 4.79 Å². The molecule has 5 nitrogen and oxygen atoms in total. The van der Waals surface area contributed by atoms with Crippen LogP contribution in [0.25, 0.3) is 10.8 Å². The van der Waals surface area contributed by atoms with E-state index >= 15 is 0 Å². The summed E-state index contributed by atoms with van der Waals surface area (Å²) >= 11 is 0. The van der Waals surface area contributed by atoms with Gasteiger partial charge < -0.3 is 5.32 Å². The van der Waals surface area contributed by atoms with Crippen molar-refractivity contribution in [3.8, 4) is 0 Å². The highest BCUT2D eigenvalue weighted by atomic mass is 16.2. The van der Waals surface area contributed by atoms with Gasteiger partial charge in [-0.25, -0.2) is 4.68 Å². The van der Waals surface area contributed by atoms with Crippen molar-refractivity contribution in [3.63, 3.8) is 0 Å². The normalized spacial score (nSPS) is 15.1. The minimum atomic E-state index is -0.676. The number of hydrogen-bond donors (Lipinski definition) is 1. The third-order valence-electron chi connectivity index (χ3n) is 4.64. The number of aromatic nitrogens is 2. The Hall–Kier alpha value is -2.95. The predicted molar refractivity (Wildman–Crippen MR) is 97.8 cm³/mol. The fraction of sp³-hybridized carbons (Fsp3) is 0.250. The average Bonchev–Trinajstić information content (AvgIpc) is 3.47. The highest BCUT2D eigenvalue weighted by Gasteiger charge is 2.27. The molecule has 126 valence electrons. The summed E-state index contributed by atoms with van der Waals surface area (Å²) < 4.78 is 1.29. The molecule has 1 atom stereocenters. The van der Waals surface area contributed by atoms with Crippen molar-refractivity contribution in [1.29, 1.82) is 0 Å². The minimum absolute atomic E-state index is 0.251. The van der Waals surface area contributed by atoms with Gasteiger partial charge in [0.25, 0.3) is 5.56 Å². The van der Waals surface area contributed by atoms with Crippen molar-refractivity contribution in [2.75, 3.05) is 5.32 Å². The number of fused-ring (bicyclic) bond motifs is 1. The molecule has 1 unspecified atom stereocenters. The Bertz CT molecular complexity index is 1000. The van der Waals surface area contributed by atoms with Gasteiger partial charge in [0.1, 0.15) is 6.04 Å². The van der Waals surface area contributed by atoms with E-state index in [0.717, 1.165) is 35.0 Å². The SMILES string of the molecule is CC(C(=O)Nc1cccc2ccccc12)n1nc(C2CC2)ccc1=O. The summed E-state index contributed by atoms with van der Waals surface area (Å²) in [6.45, 7) is 1.70. The number of anilines is 1. The van der Waals surface area contributed by atoms with Crippen LogP contribution in [0, 0.1) is 0 Å². The van der Waals surface area contributed by atoms with Gasteiger partial charge in [0, 0.05) is 23.1 Å². The summed E-state index contributed by atoms with van der Waals surface area (Å²) in [7, 11) is 0. The maximum Gasteiger partial charge on any atom is 0.267 e. The molecule has 5 heteroatoms. The Morgan fingerprint density at radius 2 is 1.88 bits per heavy atom. The Morgan fingerprint density at radius 1 is 1.12 bits per heavy atom. The highest BCUT2D eigenvalue weighted by molar-refractivity contribution is 6.03. The van der Waals surface area contributed by atoms with Gasteiger partial charge in [0.15, 0.2) is 0 Å². The Labute approximate surface area is 145 Å². The lowest BCUT2D eigenvalue weighted by molar-refractivity contribution is -0.119. The first-order chi connectivity index (χ1) is 12.1. The van der Waals surface area contributed by atoms with E-state index in [0.29, 0.717) is 5.92 Å². The first-order valence-electron chi connectivity index (χ1n) is 8.52. The first kappa shape index (κ1) is 15.6. The van der Waals surface area contributed by atoms with Gasteiger partial charge in [-0.15, -0.1) is 0 Å². The summed E-state index contributed by atoms with van der Waals surface area (Å²) in [5, 5.41) is 9.36. The molecule has 0 radical (unpaired) electrons. The van der Waals surface area contributed by atoms with Gasteiger partial charge >= 0.3 is 0 Å². The number of benzene rings is 2. The zero-order valence-electron chi connectivity index (χ0n) is 14.0. The Kier molecular flexibility index (Phi) is 3.84. The highest BCUT2D eigenvalue weighted by Crippen LogP contribution is 2.38. The van der Waals surface area contributed by atoms with Gasteiger partial charge in [-0.2, -0.15) is 5.10 Å². The molecule has 3 aromatic rings. The molecule has 1 saturated carbocycles. The molecular formula is C20H19N3O2. The molecular weight excluding hydrogens is 314 g/mol. The van der Waals surface area contributed by atoms with Crippen LogP contribution in [0.5, 0.6) is 0 Å². The van der Waals surface area contributed by atoms with Crippen LogP contribution in [0.15, 0.2) is 59.4 Å². The van der Waals surface area contributed by atoms with Gasteiger partial charge in [-0.1, -0.05) is 36.4 Å². The number of rotatable bonds is 4. The second-order valence-corrected chi connectivity index (χ2v) is 6.51. The molecule has 4 rings (SSSR count). The summed E-state index contributed by atoms with van der Waals surface area (Å²) in [5.41, 5.74) is 1.37. The topological polar surface area (TPSA) is 64.0 Å². The fourth-order valence-corrected chi connectivity index (χ4v) is 3.00. The van der Waals surface area contributed by atoms with Crippen LogP contribution >= 0.6 is 0 Å². The predicted octanol–water partition coefficient (Wildman–Crippen LogP) is 3.47. The van der Waals surface area contributed by atoms with E-state index in [1.807, 2.05) is 42.5 Å². The second kappa shape index (κ2) is 6.16. The van der Waals surface area contributed by atoms with Crippen LogP contribution in [0.4, 0.5) is 5.69 Å². The molecule has 1 aliphatic rings. The number of nitrogens with one attached hydrogen (secondary N) is 1. The number of amides is 1. The van der Waals surface area contributed by atoms with Crippen molar-refractivity contribution in [2.45, 2.75) is 31.7 Å². The van der Waals surface area contributed by atoms with E-state index < -0.39 is 6.04 Å². The molecule has 25 heavy (non-hydrogen) atoms. The lowest BCUT2D eigenvalue weighted by atomic mass is 10.1. The number of carbonyl (C=O) groups excluding carboxylic acids is 1. The summed E-state index contributed by atoms with van der Waals surface area (Å²) in [6.07, 6.45) is 2.20. The summed E-state index contributed by atoms with van der Waals surface area (Å²) in [4.78, 5) is 24.8. The quantitative estimate of drug-likeness (QED) is 0.795. The van der Waals surface area contributed by atoms with Crippen LogP contribution in [0.1, 0.15) is 37.4 Å². The van der Waals surface area contributed by atoms with E-state index in [4.69, 9.17) is 0 Å². The van der Waals surface area contributed by atoms with E-state index in [1.165, 1.54) is 10.7 Å². The number of nitrogens with zero attached hydrogens (tertiary/aromatic N) is 2. The monoisotopic (exact) mass is 333 g/mol. The van der Waals surface area contributed by atoms with Gasteiger partial charge in [-0.05, 0) is 37.3 Å². The van der Waals surface area contributed by atoms with E-state index in [1.54, 1.807) is 13.0 Å². The van der Waals surface area contributed by atoms with Crippen molar-refractivity contribution in [1.82, 2.24) is 9.78 Å². The second-order valence-electron chi connectivity index (χ2n) is 6.51. The lowest BCUT2D eigenvalue weighted by Crippen LogP contribution is -2.33. The van der Waals surface area contributed by atoms with Crippen LogP contribution < -0.4 is 10.9 Å². The van der Waals surface area contributed by atoms with Crippen molar-refractivity contribution in [3.05, 3.63) is 70.6 Å². The van der Waals surface area contributed by atoms with Gasteiger partial charge in [0.05, 0.1) is 5.69 Å².